The second-order valence-electron chi connectivity index (χ2n) is 9.22. The molecule has 0 aliphatic heterocycles. The molecule has 1 heterocycles. The molecule has 11 heteroatoms. The third kappa shape index (κ3) is 8.26. The average Bonchev–Trinajstić information content (AvgIpc) is 3.33. The zero-order valence-corrected chi connectivity index (χ0v) is 24.7. The molecule has 0 aliphatic carbocycles. The van der Waals surface area contributed by atoms with E-state index in [1.807, 2.05) is 76.4 Å². The molecule has 1 atom stereocenters. The van der Waals surface area contributed by atoms with Gasteiger partial charge in [-0.25, -0.2) is 9.71 Å². The maximum atomic E-state index is 12.3. The molecular weight excluding hydrogens is 539 g/mol. The average molecular weight is 572 g/mol. The van der Waals surface area contributed by atoms with Crippen LogP contribution in [-0.2, 0) is 14.3 Å². The molecule has 38 heavy (non-hydrogen) atoms. The first-order chi connectivity index (χ1) is 18.1. The first-order valence-electron chi connectivity index (χ1n) is 12.1. The monoisotopic (exact) mass is 571 g/mol. The lowest BCUT2D eigenvalue weighted by Crippen LogP contribution is -2.38. The Morgan fingerprint density at radius 3 is 2.32 bits per heavy atom. The number of nitrogens with zero attached hydrogens (tertiary/aromatic N) is 1. The quantitative estimate of drug-likeness (QED) is 0.134. The number of benzene rings is 2. The Morgan fingerprint density at radius 1 is 1.03 bits per heavy atom. The Bertz CT molecular complexity index is 1280. The van der Waals surface area contributed by atoms with Gasteiger partial charge in [-0.3, -0.25) is 9.59 Å². The summed E-state index contributed by atoms with van der Waals surface area (Å²) in [6, 6.07) is 13.4. The van der Waals surface area contributed by atoms with Gasteiger partial charge >= 0.3 is 5.97 Å². The summed E-state index contributed by atoms with van der Waals surface area (Å²) in [6.45, 7) is 9.44. The van der Waals surface area contributed by atoms with Gasteiger partial charge in [0.2, 0.25) is 5.91 Å². The minimum absolute atomic E-state index is 0.0277. The molecule has 202 valence electrons. The highest BCUT2D eigenvalue weighted by atomic mass is 32.2. The fourth-order valence-electron chi connectivity index (χ4n) is 3.46. The molecule has 0 aliphatic rings. The number of methoxy groups -OCH3 is 1. The van der Waals surface area contributed by atoms with Gasteiger partial charge in [-0.05, 0) is 80.3 Å². The second-order valence-corrected chi connectivity index (χ2v) is 11.5. The number of hydrogen-bond acceptors (Lipinski definition) is 8. The highest BCUT2D eigenvalue weighted by Gasteiger charge is 2.24. The van der Waals surface area contributed by atoms with E-state index in [4.69, 9.17) is 17.0 Å². The Labute approximate surface area is 237 Å². The zero-order valence-electron chi connectivity index (χ0n) is 22.2. The van der Waals surface area contributed by atoms with E-state index >= 15 is 0 Å². The van der Waals surface area contributed by atoms with Crippen LogP contribution in [0.3, 0.4) is 0 Å². The lowest BCUT2D eigenvalue weighted by atomic mass is 10.1. The van der Waals surface area contributed by atoms with Gasteiger partial charge in [0.25, 0.3) is 0 Å². The van der Waals surface area contributed by atoms with Crippen molar-refractivity contribution in [1.29, 1.82) is 0 Å². The van der Waals surface area contributed by atoms with Gasteiger partial charge in [-0.2, -0.15) is 0 Å². The van der Waals surface area contributed by atoms with Crippen molar-refractivity contribution in [3.05, 3.63) is 48.7 Å². The fraction of sp³-hybridized carbons (Fsp3) is 0.333. The largest absolute Gasteiger partial charge is 0.468 e. The summed E-state index contributed by atoms with van der Waals surface area (Å²) in [7, 11) is 1.38. The highest BCUT2D eigenvalue weighted by Crippen LogP contribution is 2.38. The molecule has 0 spiro atoms. The van der Waals surface area contributed by atoms with Crippen LogP contribution in [0.5, 0.6) is 0 Å². The first kappa shape index (κ1) is 29.6. The lowest BCUT2D eigenvalue weighted by Gasteiger charge is -2.20. The summed E-state index contributed by atoms with van der Waals surface area (Å²) < 4.78 is 8.20. The molecule has 4 N–H and O–H groups in total. The van der Waals surface area contributed by atoms with E-state index in [0.29, 0.717) is 10.8 Å². The SMILES string of the molecule is COC(=O)C(NSc1cc(NC(C)=O)ccc1-c1cnc(-c2ccc(NC(=S)NC(C)C)cc2)s1)C(C)C. The molecule has 0 saturated heterocycles. The van der Waals surface area contributed by atoms with Gasteiger partial charge in [0.1, 0.15) is 11.0 Å². The smallest absolute Gasteiger partial charge is 0.323 e. The van der Waals surface area contributed by atoms with Crippen molar-refractivity contribution < 1.29 is 14.3 Å². The number of aromatic nitrogens is 1. The Kier molecular flexibility index (Phi) is 10.7. The van der Waals surface area contributed by atoms with Gasteiger partial charge in [0, 0.05) is 46.6 Å². The summed E-state index contributed by atoms with van der Waals surface area (Å²) in [5.41, 5.74) is 3.49. The van der Waals surface area contributed by atoms with Crippen molar-refractivity contribution in [1.82, 2.24) is 15.0 Å². The molecule has 0 radical (unpaired) electrons. The van der Waals surface area contributed by atoms with Gasteiger partial charge in [-0.1, -0.05) is 19.9 Å². The van der Waals surface area contributed by atoms with E-state index in [1.165, 1.54) is 26.0 Å². The van der Waals surface area contributed by atoms with Crippen LogP contribution in [0.4, 0.5) is 11.4 Å². The number of amides is 1. The van der Waals surface area contributed by atoms with E-state index in [2.05, 4.69) is 25.7 Å². The van der Waals surface area contributed by atoms with Crippen LogP contribution < -0.4 is 20.7 Å². The summed E-state index contributed by atoms with van der Waals surface area (Å²) in [5, 5.41) is 10.6. The number of ether oxygens (including phenoxy) is 1. The number of hydrogen-bond donors (Lipinski definition) is 4. The third-order valence-electron chi connectivity index (χ3n) is 5.30. The van der Waals surface area contributed by atoms with Crippen molar-refractivity contribution in [2.24, 2.45) is 5.92 Å². The van der Waals surface area contributed by atoms with Gasteiger partial charge in [0.05, 0.1) is 12.0 Å². The van der Waals surface area contributed by atoms with Crippen LogP contribution in [0.2, 0.25) is 0 Å². The topological polar surface area (TPSA) is 104 Å². The fourth-order valence-corrected chi connectivity index (χ4v) is 5.93. The number of carbonyl (C=O) groups is 2. The number of carbonyl (C=O) groups excluding carboxylic acids is 2. The van der Waals surface area contributed by atoms with Crippen LogP contribution in [0.15, 0.2) is 53.6 Å². The summed E-state index contributed by atoms with van der Waals surface area (Å²) in [4.78, 5) is 30.4. The van der Waals surface area contributed by atoms with Crippen LogP contribution in [0, 0.1) is 5.92 Å². The van der Waals surface area contributed by atoms with E-state index < -0.39 is 6.04 Å². The van der Waals surface area contributed by atoms with Crippen LogP contribution in [0.25, 0.3) is 21.0 Å². The number of rotatable bonds is 10. The highest BCUT2D eigenvalue weighted by molar-refractivity contribution is 7.97. The normalized spacial score (nSPS) is 11.8. The second kappa shape index (κ2) is 13.7. The number of thiocarbonyl (C=S) groups is 1. The van der Waals surface area contributed by atoms with Crippen molar-refractivity contribution >= 4 is 63.9 Å². The molecule has 3 rings (SSSR count). The summed E-state index contributed by atoms with van der Waals surface area (Å²) in [5.74, 6) is -0.458. The molecular formula is C27H33N5O3S3. The standard InChI is InChI=1S/C27H33N5O3S3/c1-15(2)24(26(34)35-6)32-38-22-13-20(30-17(5)33)11-12-21(22)23-14-28-25(37-23)18-7-9-19(10-8-18)31-27(36)29-16(3)4/h7-16,24,32H,1-6H3,(H,30,33)(H2,29,31,36). The maximum Gasteiger partial charge on any atom is 0.323 e. The predicted octanol–water partition coefficient (Wildman–Crippen LogP) is 5.92. The lowest BCUT2D eigenvalue weighted by molar-refractivity contribution is -0.143. The van der Waals surface area contributed by atoms with Crippen molar-refractivity contribution in [2.45, 2.75) is 51.6 Å². The number of thiazole rings is 1. The van der Waals surface area contributed by atoms with Crippen molar-refractivity contribution in [3.63, 3.8) is 0 Å². The van der Waals surface area contributed by atoms with E-state index in [1.54, 1.807) is 11.3 Å². The molecule has 0 saturated carbocycles. The van der Waals surface area contributed by atoms with Gasteiger partial charge < -0.3 is 20.7 Å². The van der Waals surface area contributed by atoms with E-state index in [-0.39, 0.29) is 23.8 Å². The predicted molar refractivity (Wildman–Crippen MR) is 161 cm³/mol. The van der Waals surface area contributed by atoms with Crippen molar-refractivity contribution in [3.8, 4) is 21.0 Å². The number of nitrogens with one attached hydrogen (secondary N) is 4. The van der Waals surface area contributed by atoms with E-state index in [0.717, 1.165) is 31.6 Å². The molecule has 1 amide bonds. The number of esters is 1. The maximum absolute atomic E-state index is 12.3. The summed E-state index contributed by atoms with van der Waals surface area (Å²) in [6.07, 6.45) is 1.84. The minimum atomic E-state index is -0.491. The Hall–Kier alpha value is -2.99. The summed E-state index contributed by atoms with van der Waals surface area (Å²) >= 11 is 8.22. The van der Waals surface area contributed by atoms with Gasteiger partial charge in [0.15, 0.2) is 5.11 Å². The van der Waals surface area contributed by atoms with Crippen molar-refractivity contribution in [2.75, 3.05) is 17.7 Å². The van der Waals surface area contributed by atoms with E-state index in [9.17, 15) is 9.59 Å². The minimum Gasteiger partial charge on any atom is -0.468 e. The first-order valence-corrected chi connectivity index (χ1v) is 14.2. The molecule has 3 aromatic rings. The molecule has 0 bridgehead atoms. The molecule has 1 aromatic heterocycles. The van der Waals surface area contributed by atoms with Gasteiger partial charge in [-0.15, -0.1) is 11.3 Å². The Morgan fingerprint density at radius 2 is 1.71 bits per heavy atom. The third-order valence-corrected chi connectivity index (χ3v) is 7.53. The molecule has 8 nitrogen and oxygen atoms in total. The van der Waals surface area contributed by atoms with Crippen LogP contribution in [0.1, 0.15) is 34.6 Å². The van der Waals surface area contributed by atoms with Crippen LogP contribution in [-0.4, -0.2) is 41.2 Å². The van der Waals surface area contributed by atoms with Crippen LogP contribution >= 0.6 is 35.5 Å². The molecule has 0 fully saturated rings. The zero-order chi connectivity index (χ0) is 27.8. The molecule has 1 unspecified atom stereocenters. The molecule has 2 aromatic carbocycles. The Balaban J connectivity index is 1.85. The number of anilines is 2.